The van der Waals surface area contributed by atoms with E-state index >= 15 is 0 Å². The number of aromatic nitrogens is 3. The molecule has 28 heavy (non-hydrogen) atoms. The van der Waals surface area contributed by atoms with Crippen molar-refractivity contribution < 1.29 is 4.74 Å². The number of para-hydroxylation sites is 1. The number of hydrogen-bond donors (Lipinski definition) is 2. The molecular weight excluding hydrogens is 354 g/mol. The Bertz CT molecular complexity index is 824. The third-order valence-electron chi connectivity index (χ3n) is 4.21. The van der Waals surface area contributed by atoms with E-state index in [0.717, 1.165) is 17.7 Å². The van der Waals surface area contributed by atoms with Gasteiger partial charge < -0.3 is 4.74 Å². The van der Waals surface area contributed by atoms with Gasteiger partial charge in [-0.1, -0.05) is 65.5 Å². The van der Waals surface area contributed by atoms with Gasteiger partial charge in [-0.3, -0.25) is 5.43 Å². The van der Waals surface area contributed by atoms with Crippen molar-refractivity contribution in [3.05, 3.63) is 46.0 Å². The van der Waals surface area contributed by atoms with E-state index in [9.17, 15) is 4.79 Å². The first-order valence-corrected chi connectivity index (χ1v) is 9.90. The molecule has 0 saturated carbocycles. The number of nitrogens with one attached hydrogen (secondary N) is 2. The summed E-state index contributed by atoms with van der Waals surface area (Å²) in [6, 6.07) is 7.74. The lowest BCUT2D eigenvalue weighted by Gasteiger charge is -2.18. The predicted octanol–water partition coefficient (Wildman–Crippen LogP) is 4.26. The molecule has 7 heteroatoms. The van der Waals surface area contributed by atoms with Gasteiger partial charge in [-0.2, -0.15) is 15.2 Å². The van der Waals surface area contributed by atoms with Gasteiger partial charge in [-0.05, 0) is 18.6 Å². The molecule has 0 bridgehead atoms. The molecule has 0 radical (unpaired) electrons. The Morgan fingerprint density at radius 2 is 1.93 bits per heavy atom. The van der Waals surface area contributed by atoms with E-state index in [-0.39, 0.29) is 5.41 Å². The Morgan fingerprint density at radius 3 is 2.68 bits per heavy atom. The van der Waals surface area contributed by atoms with Crippen molar-refractivity contribution in [1.29, 1.82) is 0 Å². The fourth-order valence-corrected chi connectivity index (χ4v) is 2.71. The second-order valence-corrected chi connectivity index (χ2v) is 7.76. The number of anilines is 1. The number of hydrazone groups is 1. The summed E-state index contributed by atoms with van der Waals surface area (Å²) in [5, 5.41) is 10.7. The number of unbranched alkanes of at least 4 members (excludes halogenated alkanes) is 4. The molecule has 0 aliphatic heterocycles. The SMILES string of the molecule is CCCCCCCOc1ccccc1/C=N/Nc1nc(=O)[nH]nc1C(C)(C)C. The van der Waals surface area contributed by atoms with Gasteiger partial charge in [0.2, 0.25) is 0 Å². The van der Waals surface area contributed by atoms with Gasteiger partial charge in [0, 0.05) is 11.0 Å². The normalized spacial score (nSPS) is 11.7. The number of hydrogen-bond acceptors (Lipinski definition) is 6. The highest BCUT2D eigenvalue weighted by Gasteiger charge is 2.21. The standard InChI is InChI=1S/C21H31N5O2/c1-5-6-7-8-11-14-28-17-13-10-9-12-16(17)15-22-25-19-18(21(2,3)4)24-26-20(27)23-19/h9-10,12-13,15H,5-8,11,14H2,1-4H3,(H2,23,25,26,27)/b22-15+. The van der Waals surface area contributed by atoms with Crippen LogP contribution in [0.4, 0.5) is 5.82 Å². The Morgan fingerprint density at radius 1 is 1.18 bits per heavy atom. The van der Waals surface area contributed by atoms with Gasteiger partial charge in [-0.15, -0.1) is 0 Å². The zero-order valence-corrected chi connectivity index (χ0v) is 17.3. The fraction of sp³-hybridized carbons (Fsp3) is 0.524. The van der Waals surface area contributed by atoms with Crippen molar-refractivity contribution in [2.24, 2.45) is 5.10 Å². The average Bonchev–Trinajstić information content (AvgIpc) is 2.65. The predicted molar refractivity (Wildman–Crippen MR) is 113 cm³/mol. The molecule has 0 amide bonds. The lowest BCUT2D eigenvalue weighted by atomic mass is 9.92. The van der Waals surface area contributed by atoms with Gasteiger partial charge in [0.15, 0.2) is 5.82 Å². The lowest BCUT2D eigenvalue weighted by molar-refractivity contribution is 0.304. The molecule has 0 spiro atoms. The van der Waals surface area contributed by atoms with Crippen molar-refractivity contribution in [2.45, 2.75) is 65.2 Å². The highest BCUT2D eigenvalue weighted by atomic mass is 16.5. The van der Waals surface area contributed by atoms with Crippen LogP contribution >= 0.6 is 0 Å². The summed E-state index contributed by atoms with van der Waals surface area (Å²) in [6.07, 6.45) is 7.66. The fourth-order valence-electron chi connectivity index (χ4n) is 2.71. The van der Waals surface area contributed by atoms with Gasteiger partial charge in [0.05, 0.1) is 12.8 Å². The number of nitrogens with zero attached hydrogens (tertiary/aromatic N) is 3. The second kappa shape index (κ2) is 10.6. The maximum Gasteiger partial charge on any atom is 0.363 e. The maximum absolute atomic E-state index is 11.5. The minimum atomic E-state index is -0.516. The Hall–Kier alpha value is -2.70. The zero-order valence-electron chi connectivity index (χ0n) is 17.3. The van der Waals surface area contributed by atoms with Crippen molar-refractivity contribution in [3.8, 4) is 5.75 Å². The van der Waals surface area contributed by atoms with Crippen molar-refractivity contribution in [2.75, 3.05) is 12.0 Å². The number of ether oxygens (including phenoxy) is 1. The average molecular weight is 386 g/mol. The van der Waals surface area contributed by atoms with Crippen molar-refractivity contribution in [3.63, 3.8) is 0 Å². The summed E-state index contributed by atoms with van der Waals surface area (Å²) in [5.41, 5.74) is 3.55. The molecule has 0 saturated heterocycles. The van der Waals surface area contributed by atoms with E-state index in [4.69, 9.17) is 4.74 Å². The number of benzene rings is 1. The second-order valence-electron chi connectivity index (χ2n) is 7.76. The molecular formula is C21H31N5O2. The van der Waals surface area contributed by atoms with Crippen LogP contribution in [0.2, 0.25) is 0 Å². The molecule has 152 valence electrons. The highest BCUT2D eigenvalue weighted by Crippen LogP contribution is 2.24. The summed E-state index contributed by atoms with van der Waals surface area (Å²) < 4.78 is 5.92. The smallest absolute Gasteiger partial charge is 0.363 e. The molecule has 0 fully saturated rings. The van der Waals surface area contributed by atoms with Crippen LogP contribution < -0.4 is 15.9 Å². The minimum Gasteiger partial charge on any atom is -0.493 e. The van der Waals surface area contributed by atoms with E-state index in [2.05, 4.69) is 32.6 Å². The largest absolute Gasteiger partial charge is 0.493 e. The zero-order chi connectivity index (χ0) is 20.4. The summed E-state index contributed by atoms with van der Waals surface area (Å²) in [6.45, 7) is 8.88. The molecule has 0 atom stereocenters. The van der Waals surface area contributed by atoms with E-state index < -0.39 is 5.69 Å². The first-order valence-electron chi connectivity index (χ1n) is 9.90. The molecule has 0 aliphatic carbocycles. The lowest BCUT2D eigenvalue weighted by Crippen LogP contribution is -2.24. The maximum atomic E-state index is 11.5. The number of aromatic amines is 1. The molecule has 2 rings (SSSR count). The van der Waals surface area contributed by atoms with Crippen molar-refractivity contribution in [1.82, 2.24) is 15.2 Å². The first kappa shape index (κ1) is 21.6. The summed E-state index contributed by atoms with van der Waals surface area (Å²) in [7, 11) is 0. The molecule has 1 aromatic heterocycles. The Kier molecular flexibility index (Phi) is 8.17. The van der Waals surface area contributed by atoms with Crippen LogP contribution in [0.25, 0.3) is 0 Å². The minimum absolute atomic E-state index is 0.284. The van der Waals surface area contributed by atoms with Crippen LogP contribution in [-0.4, -0.2) is 28.0 Å². The molecule has 7 nitrogen and oxygen atoms in total. The summed E-state index contributed by atoms with van der Waals surface area (Å²) in [5.74, 6) is 1.14. The molecule has 0 unspecified atom stereocenters. The van der Waals surface area contributed by atoms with E-state index in [1.165, 1.54) is 25.7 Å². The molecule has 1 aromatic carbocycles. The third kappa shape index (κ3) is 6.79. The van der Waals surface area contributed by atoms with E-state index in [1.54, 1.807) is 6.21 Å². The molecule has 0 aliphatic rings. The molecule has 2 aromatic rings. The molecule has 2 N–H and O–H groups in total. The summed E-state index contributed by atoms with van der Waals surface area (Å²) in [4.78, 5) is 15.5. The van der Waals surface area contributed by atoms with Crippen LogP contribution in [0.3, 0.4) is 0 Å². The van der Waals surface area contributed by atoms with E-state index in [1.807, 2.05) is 45.0 Å². The highest BCUT2D eigenvalue weighted by molar-refractivity contribution is 5.83. The van der Waals surface area contributed by atoms with Gasteiger partial charge in [0.1, 0.15) is 11.4 Å². The number of H-pyrrole nitrogens is 1. The van der Waals surface area contributed by atoms with Crippen LogP contribution in [-0.2, 0) is 5.41 Å². The Labute approximate surface area is 166 Å². The van der Waals surface area contributed by atoms with Gasteiger partial charge in [0.25, 0.3) is 0 Å². The van der Waals surface area contributed by atoms with Crippen LogP contribution in [0, 0.1) is 0 Å². The van der Waals surface area contributed by atoms with Crippen LogP contribution in [0.15, 0.2) is 34.2 Å². The van der Waals surface area contributed by atoms with Gasteiger partial charge >= 0.3 is 5.69 Å². The third-order valence-corrected chi connectivity index (χ3v) is 4.21. The van der Waals surface area contributed by atoms with Crippen LogP contribution in [0.1, 0.15) is 71.1 Å². The molecule has 1 heterocycles. The van der Waals surface area contributed by atoms with Crippen LogP contribution in [0.5, 0.6) is 5.75 Å². The Balaban J connectivity index is 2.02. The summed E-state index contributed by atoms with van der Waals surface area (Å²) >= 11 is 0. The topological polar surface area (TPSA) is 92.3 Å². The number of rotatable bonds is 10. The quantitative estimate of drug-likeness (QED) is 0.362. The van der Waals surface area contributed by atoms with Gasteiger partial charge in [-0.25, -0.2) is 9.89 Å². The van der Waals surface area contributed by atoms with E-state index in [0.29, 0.717) is 18.1 Å². The first-order chi connectivity index (χ1) is 13.4. The van der Waals surface area contributed by atoms with Crippen molar-refractivity contribution >= 4 is 12.0 Å². The monoisotopic (exact) mass is 385 g/mol.